The number of nitrogens with zero attached hydrogens (tertiary/aromatic N) is 1. The van der Waals surface area contributed by atoms with Crippen LogP contribution in [0.25, 0.3) is 0 Å². The number of piperidine rings is 1. The average Bonchev–Trinajstić information content (AvgIpc) is 2.45. The van der Waals surface area contributed by atoms with Crippen LogP contribution in [-0.4, -0.2) is 55.9 Å². The van der Waals surface area contributed by atoms with E-state index in [4.69, 9.17) is 4.74 Å². The number of likely N-dealkylation sites (tertiary alicyclic amines) is 1. The van der Waals surface area contributed by atoms with Crippen molar-refractivity contribution in [3.05, 3.63) is 0 Å². The number of halogens is 3. The molecule has 1 N–H and O–H groups in total. The molecule has 2 fully saturated rings. The zero-order valence-corrected chi connectivity index (χ0v) is 12.1. The molecule has 122 valence electrons. The number of hydrogen-bond acceptors (Lipinski definition) is 3. The highest BCUT2D eigenvalue weighted by Crippen LogP contribution is 2.20. The average molecular weight is 308 g/mol. The van der Waals surface area contributed by atoms with Gasteiger partial charge in [-0.15, -0.1) is 0 Å². The number of carbonyl (C=O) groups is 1. The lowest BCUT2D eigenvalue weighted by Gasteiger charge is -2.35. The highest BCUT2D eigenvalue weighted by Gasteiger charge is 2.32. The molecule has 0 aromatic rings. The first-order valence-corrected chi connectivity index (χ1v) is 7.62. The van der Waals surface area contributed by atoms with Crippen LogP contribution in [0, 0.1) is 5.92 Å². The maximum absolute atomic E-state index is 12.1. The molecule has 0 aromatic carbocycles. The van der Waals surface area contributed by atoms with Crippen molar-refractivity contribution < 1.29 is 22.7 Å². The second-order valence-corrected chi connectivity index (χ2v) is 5.92. The van der Waals surface area contributed by atoms with Crippen LogP contribution in [0.15, 0.2) is 0 Å². The number of ether oxygens (including phenoxy) is 1. The van der Waals surface area contributed by atoms with Gasteiger partial charge in [0.25, 0.3) is 0 Å². The van der Waals surface area contributed by atoms with Crippen molar-refractivity contribution in [1.82, 2.24) is 10.2 Å². The van der Waals surface area contributed by atoms with Crippen LogP contribution in [0.3, 0.4) is 0 Å². The maximum atomic E-state index is 12.1. The van der Waals surface area contributed by atoms with E-state index >= 15 is 0 Å². The third-order valence-corrected chi connectivity index (χ3v) is 4.08. The van der Waals surface area contributed by atoms with Crippen molar-refractivity contribution in [1.29, 1.82) is 0 Å². The molecule has 2 saturated heterocycles. The van der Waals surface area contributed by atoms with Crippen LogP contribution >= 0.6 is 0 Å². The van der Waals surface area contributed by atoms with Crippen LogP contribution in [0.2, 0.25) is 0 Å². The van der Waals surface area contributed by atoms with Gasteiger partial charge in [-0.25, -0.2) is 0 Å². The minimum Gasteiger partial charge on any atom is -0.377 e. The van der Waals surface area contributed by atoms with Crippen LogP contribution < -0.4 is 5.32 Å². The number of hydrogen-bond donors (Lipinski definition) is 1. The Morgan fingerprint density at radius 3 is 2.71 bits per heavy atom. The normalized spacial score (nSPS) is 28.3. The maximum Gasteiger partial charge on any atom is 0.405 e. The van der Waals surface area contributed by atoms with Gasteiger partial charge in [-0.05, 0) is 38.6 Å². The molecule has 1 amide bonds. The Balaban J connectivity index is 1.75. The van der Waals surface area contributed by atoms with Gasteiger partial charge in [0.15, 0.2) is 0 Å². The second kappa shape index (κ2) is 7.45. The van der Waals surface area contributed by atoms with Crippen molar-refractivity contribution in [3.63, 3.8) is 0 Å². The molecular formula is C14H23F3N2O2. The molecule has 0 aliphatic carbocycles. The predicted molar refractivity (Wildman–Crippen MR) is 71.8 cm³/mol. The minimum atomic E-state index is -4.35. The summed E-state index contributed by atoms with van der Waals surface area (Å²) in [5, 5.41) is 1.99. The fourth-order valence-electron chi connectivity index (χ4n) is 3.01. The summed E-state index contributed by atoms with van der Waals surface area (Å²) < 4.78 is 42.1. The van der Waals surface area contributed by atoms with Crippen LogP contribution in [0.5, 0.6) is 0 Å². The largest absolute Gasteiger partial charge is 0.405 e. The summed E-state index contributed by atoms with van der Waals surface area (Å²) in [4.78, 5) is 14.0. The van der Waals surface area contributed by atoms with Gasteiger partial charge in [0, 0.05) is 19.7 Å². The minimum absolute atomic E-state index is 0.204. The lowest BCUT2D eigenvalue weighted by molar-refractivity contribution is -0.142. The Bertz CT molecular complexity index is 344. The van der Waals surface area contributed by atoms with Crippen molar-refractivity contribution in [2.45, 2.75) is 44.4 Å². The number of nitrogens with one attached hydrogen (secondary N) is 1. The van der Waals surface area contributed by atoms with E-state index in [-0.39, 0.29) is 12.0 Å². The summed E-state index contributed by atoms with van der Waals surface area (Å²) in [7, 11) is 0. The standard InChI is InChI=1S/C14H23F3N2O2/c15-14(16,17)10-18-13(20)11-4-3-6-19(8-11)9-12-5-1-2-7-21-12/h11-12H,1-10H2,(H,18,20)/t11-,12+/m0/s1. The molecule has 0 radical (unpaired) electrons. The van der Waals surface area contributed by atoms with Crippen LogP contribution in [0.4, 0.5) is 13.2 Å². The van der Waals surface area contributed by atoms with Gasteiger partial charge in [0.2, 0.25) is 5.91 Å². The molecule has 0 saturated carbocycles. The lowest BCUT2D eigenvalue weighted by Crippen LogP contribution is -2.47. The summed E-state index contributed by atoms with van der Waals surface area (Å²) >= 11 is 0. The van der Waals surface area contributed by atoms with E-state index in [9.17, 15) is 18.0 Å². The van der Waals surface area contributed by atoms with Crippen molar-refractivity contribution in [2.24, 2.45) is 5.92 Å². The summed E-state index contributed by atoms with van der Waals surface area (Å²) in [6, 6.07) is 0. The molecule has 2 rings (SSSR count). The molecule has 2 aliphatic heterocycles. The van der Waals surface area contributed by atoms with E-state index < -0.39 is 18.6 Å². The number of alkyl halides is 3. The molecule has 2 atom stereocenters. The molecule has 0 aromatic heterocycles. The first-order chi connectivity index (χ1) is 9.94. The Hall–Kier alpha value is -0.820. The van der Waals surface area contributed by atoms with Crippen LogP contribution in [-0.2, 0) is 9.53 Å². The quantitative estimate of drug-likeness (QED) is 0.863. The van der Waals surface area contributed by atoms with Gasteiger partial charge >= 0.3 is 6.18 Å². The monoisotopic (exact) mass is 308 g/mol. The first kappa shape index (κ1) is 16.5. The van der Waals surface area contributed by atoms with Gasteiger partial charge < -0.3 is 10.1 Å². The third-order valence-electron chi connectivity index (χ3n) is 4.08. The van der Waals surface area contributed by atoms with Crippen LogP contribution in [0.1, 0.15) is 32.1 Å². The Morgan fingerprint density at radius 2 is 2.05 bits per heavy atom. The fraction of sp³-hybridized carbons (Fsp3) is 0.929. The molecule has 2 heterocycles. The van der Waals surface area contributed by atoms with E-state index in [1.165, 1.54) is 0 Å². The Labute approximate surface area is 123 Å². The Morgan fingerprint density at radius 1 is 1.24 bits per heavy atom. The first-order valence-electron chi connectivity index (χ1n) is 7.62. The van der Waals surface area contributed by atoms with Gasteiger partial charge in [0.1, 0.15) is 6.54 Å². The molecule has 0 bridgehead atoms. The lowest BCUT2D eigenvalue weighted by atomic mass is 9.96. The van der Waals surface area contributed by atoms with Crippen molar-refractivity contribution in [2.75, 3.05) is 32.8 Å². The highest BCUT2D eigenvalue weighted by molar-refractivity contribution is 5.79. The van der Waals surface area contributed by atoms with Gasteiger partial charge in [-0.3, -0.25) is 9.69 Å². The van der Waals surface area contributed by atoms with Crippen molar-refractivity contribution >= 4 is 5.91 Å². The van der Waals surface area contributed by atoms with E-state index in [1.54, 1.807) is 0 Å². The summed E-state index contributed by atoms with van der Waals surface area (Å²) in [6.07, 6.45) is 0.646. The fourth-order valence-corrected chi connectivity index (χ4v) is 3.01. The van der Waals surface area contributed by atoms with Gasteiger partial charge in [-0.2, -0.15) is 13.2 Å². The summed E-state index contributed by atoms with van der Waals surface area (Å²) in [5.41, 5.74) is 0. The van der Waals surface area contributed by atoms with E-state index in [1.807, 2.05) is 5.32 Å². The molecule has 0 spiro atoms. The molecule has 21 heavy (non-hydrogen) atoms. The summed E-state index contributed by atoms with van der Waals surface area (Å²) in [5.74, 6) is -0.828. The number of amides is 1. The van der Waals surface area contributed by atoms with E-state index in [2.05, 4.69) is 4.90 Å². The highest BCUT2D eigenvalue weighted by atomic mass is 19.4. The van der Waals surface area contributed by atoms with Crippen molar-refractivity contribution in [3.8, 4) is 0 Å². The summed E-state index contributed by atoms with van der Waals surface area (Å²) in [6.45, 7) is 1.75. The molecule has 0 unspecified atom stereocenters. The number of rotatable bonds is 4. The number of carbonyl (C=O) groups excluding carboxylic acids is 1. The smallest absolute Gasteiger partial charge is 0.377 e. The molecule has 2 aliphatic rings. The zero-order chi connectivity index (χ0) is 15.3. The SMILES string of the molecule is O=C(NCC(F)(F)F)[C@H]1CCCN(C[C@H]2CCCCO2)C1. The zero-order valence-electron chi connectivity index (χ0n) is 12.1. The molecule has 4 nitrogen and oxygen atoms in total. The molecular weight excluding hydrogens is 285 g/mol. The molecule has 7 heteroatoms. The Kier molecular flexibility index (Phi) is 5.87. The predicted octanol–water partition coefficient (Wildman–Crippen LogP) is 1.95. The second-order valence-electron chi connectivity index (χ2n) is 5.92. The van der Waals surface area contributed by atoms with E-state index in [0.29, 0.717) is 13.0 Å². The third kappa shape index (κ3) is 5.82. The van der Waals surface area contributed by atoms with Gasteiger partial charge in [-0.1, -0.05) is 0 Å². The van der Waals surface area contributed by atoms with Gasteiger partial charge in [0.05, 0.1) is 12.0 Å². The van der Waals surface area contributed by atoms with E-state index in [0.717, 1.165) is 45.4 Å². The topological polar surface area (TPSA) is 41.6 Å².